The second-order valence-electron chi connectivity index (χ2n) is 6.41. The summed E-state index contributed by atoms with van der Waals surface area (Å²) < 4.78 is 0. The van der Waals surface area contributed by atoms with Gasteiger partial charge in [0.05, 0.1) is 5.52 Å². The maximum absolute atomic E-state index is 13.3. The van der Waals surface area contributed by atoms with Gasteiger partial charge in [0, 0.05) is 16.3 Å². The lowest BCUT2D eigenvalue weighted by Gasteiger charge is -2.09. The van der Waals surface area contributed by atoms with E-state index in [9.17, 15) is 4.79 Å². The Labute approximate surface area is 150 Å². The largest absolute Gasteiger partial charge is 0.287 e. The van der Waals surface area contributed by atoms with Gasteiger partial charge in [-0.25, -0.2) is 4.98 Å². The molecule has 5 aromatic rings. The first-order chi connectivity index (χ1) is 12.8. The van der Waals surface area contributed by atoms with Crippen molar-refractivity contribution >= 4 is 38.2 Å². The smallest absolute Gasteiger partial charge is 0.212 e. The van der Waals surface area contributed by atoms with Crippen LogP contribution in [-0.2, 0) is 0 Å². The van der Waals surface area contributed by atoms with Crippen molar-refractivity contribution in [3.8, 4) is 0 Å². The lowest BCUT2D eigenvalue weighted by Crippen LogP contribution is -2.05. The SMILES string of the molecule is O=C(c1ccc2ccccc2c1)c1nc2ccccc2c2ccccc12. The van der Waals surface area contributed by atoms with Crippen molar-refractivity contribution in [1.29, 1.82) is 0 Å². The van der Waals surface area contributed by atoms with Crippen molar-refractivity contribution in [3.63, 3.8) is 0 Å². The van der Waals surface area contributed by atoms with Gasteiger partial charge < -0.3 is 0 Å². The second-order valence-corrected chi connectivity index (χ2v) is 6.41. The van der Waals surface area contributed by atoms with E-state index in [-0.39, 0.29) is 5.78 Å². The minimum absolute atomic E-state index is 0.0438. The van der Waals surface area contributed by atoms with Crippen LogP contribution in [0, 0.1) is 0 Å². The summed E-state index contributed by atoms with van der Waals surface area (Å²) in [6.07, 6.45) is 0. The molecule has 0 radical (unpaired) electrons. The van der Waals surface area contributed by atoms with Gasteiger partial charge in [-0.15, -0.1) is 0 Å². The molecule has 0 bridgehead atoms. The molecule has 0 atom stereocenters. The van der Waals surface area contributed by atoms with Crippen LogP contribution in [0.3, 0.4) is 0 Å². The van der Waals surface area contributed by atoms with Crippen LogP contribution in [-0.4, -0.2) is 10.8 Å². The highest BCUT2D eigenvalue weighted by molar-refractivity contribution is 6.20. The van der Waals surface area contributed by atoms with E-state index in [1.54, 1.807) is 0 Å². The van der Waals surface area contributed by atoms with Gasteiger partial charge in [0.1, 0.15) is 5.69 Å². The third-order valence-corrected chi connectivity index (χ3v) is 4.84. The fourth-order valence-corrected chi connectivity index (χ4v) is 3.54. The van der Waals surface area contributed by atoms with Gasteiger partial charge in [-0.2, -0.15) is 0 Å². The highest BCUT2D eigenvalue weighted by Gasteiger charge is 2.16. The first kappa shape index (κ1) is 14.8. The lowest BCUT2D eigenvalue weighted by atomic mass is 9.98. The first-order valence-corrected chi connectivity index (χ1v) is 8.62. The highest BCUT2D eigenvalue weighted by Crippen LogP contribution is 2.28. The Balaban J connectivity index is 1.77. The molecular formula is C24H15NO. The van der Waals surface area contributed by atoms with E-state index in [0.717, 1.165) is 32.4 Å². The maximum atomic E-state index is 13.3. The van der Waals surface area contributed by atoms with Gasteiger partial charge >= 0.3 is 0 Å². The Morgan fingerprint density at radius 2 is 1.27 bits per heavy atom. The molecular weight excluding hydrogens is 318 g/mol. The van der Waals surface area contributed by atoms with Crippen molar-refractivity contribution in [2.45, 2.75) is 0 Å². The maximum Gasteiger partial charge on any atom is 0.212 e. The van der Waals surface area contributed by atoms with Gasteiger partial charge in [-0.1, -0.05) is 78.9 Å². The molecule has 0 aliphatic carbocycles. The predicted molar refractivity (Wildman–Crippen MR) is 107 cm³/mol. The average molecular weight is 333 g/mol. The third kappa shape index (κ3) is 2.27. The summed E-state index contributed by atoms with van der Waals surface area (Å²) in [6.45, 7) is 0. The molecule has 2 nitrogen and oxygen atoms in total. The number of carbonyl (C=O) groups is 1. The van der Waals surface area contributed by atoms with Crippen LogP contribution in [0.25, 0.3) is 32.4 Å². The Bertz CT molecular complexity index is 1300. The van der Waals surface area contributed by atoms with E-state index in [4.69, 9.17) is 4.98 Å². The molecule has 1 aromatic heterocycles. The number of carbonyl (C=O) groups excluding carboxylic acids is 1. The van der Waals surface area contributed by atoms with Crippen molar-refractivity contribution < 1.29 is 4.79 Å². The second kappa shape index (κ2) is 5.78. The highest BCUT2D eigenvalue weighted by atomic mass is 16.1. The number of pyridine rings is 1. The van der Waals surface area contributed by atoms with Crippen LogP contribution in [0.15, 0.2) is 91.0 Å². The molecule has 0 aliphatic rings. The molecule has 0 fully saturated rings. The molecule has 5 rings (SSSR count). The topological polar surface area (TPSA) is 30.0 Å². The normalized spacial score (nSPS) is 11.2. The summed E-state index contributed by atoms with van der Waals surface area (Å²) in [5.74, 6) is -0.0438. The zero-order valence-electron chi connectivity index (χ0n) is 14.0. The quantitative estimate of drug-likeness (QED) is 0.303. The van der Waals surface area contributed by atoms with Crippen molar-refractivity contribution in [1.82, 2.24) is 4.98 Å². The number of nitrogens with zero attached hydrogens (tertiary/aromatic N) is 1. The standard InChI is InChI=1S/C24H15NO/c26-24(18-14-13-16-7-1-2-8-17(16)15-18)23-21-11-4-3-9-19(21)20-10-5-6-12-22(20)25-23/h1-15H. The first-order valence-electron chi connectivity index (χ1n) is 8.62. The van der Waals surface area contributed by atoms with Gasteiger partial charge in [-0.3, -0.25) is 4.79 Å². The number of para-hydroxylation sites is 1. The molecule has 0 spiro atoms. The Hall–Kier alpha value is -3.52. The molecule has 0 saturated heterocycles. The summed E-state index contributed by atoms with van der Waals surface area (Å²) in [5.41, 5.74) is 2.02. The molecule has 0 saturated carbocycles. The Kier molecular flexibility index (Phi) is 3.29. The van der Waals surface area contributed by atoms with Crippen LogP contribution >= 0.6 is 0 Å². The summed E-state index contributed by atoms with van der Waals surface area (Å²) in [7, 11) is 0. The minimum Gasteiger partial charge on any atom is -0.287 e. The van der Waals surface area contributed by atoms with E-state index in [1.165, 1.54) is 0 Å². The Morgan fingerprint density at radius 1 is 0.615 bits per heavy atom. The van der Waals surface area contributed by atoms with Crippen LogP contribution in [0.4, 0.5) is 0 Å². The van der Waals surface area contributed by atoms with E-state index in [1.807, 2.05) is 78.9 Å². The zero-order chi connectivity index (χ0) is 17.5. The summed E-state index contributed by atoms with van der Waals surface area (Å²) in [6, 6.07) is 29.8. The average Bonchev–Trinajstić information content (AvgIpc) is 2.72. The minimum atomic E-state index is -0.0438. The Morgan fingerprint density at radius 3 is 2.12 bits per heavy atom. The van der Waals surface area contributed by atoms with Crippen molar-refractivity contribution in [2.75, 3.05) is 0 Å². The lowest BCUT2D eigenvalue weighted by molar-refractivity contribution is 0.103. The molecule has 0 amide bonds. The van der Waals surface area contributed by atoms with E-state index >= 15 is 0 Å². The van der Waals surface area contributed by atoms with Gasteiger partial charge in [0.2, 0.25) is 5.78 Å². The van der Waals surface area contributed by atoms with Crippen LogP contribution in [0.1, 0.15) is 16.1 Å². The van der Waals surface area contributed by atoms with E-state index in [0.29, 0.717) is 11.3 Å². The summed E-state index contributed by atoms with van der Waals surface area (Å²) >= 11 is 0. The number of aromatic nitrogens is 1. The van der Waals surface area contributed by atoms with Crippen molar-refractivity contribution in [3.05, 3.63) is 102 Å². The third-order valence-electron chi connectivity index (χ3n) is 4.84. The fourth-order valence-electron chi connectivity index (χ4n) is 3.54. The predicted octanol–water partition coefficient (Wildman–Crippen LogP) is 5.77. The number of benzene rings is 4. The molecule has 122 valence electrons. The monoisotopic (exact) mass is 333 g/mol. The number of fused-ring (bicyclic) bond motifs is 4. The molecule has 26 heavy (non-hydrogen) atoms. The molecule has 0 unspecified atom stereocenters. The fraction of sp³-hybridized carbons (Fsp3) is 0. The van der Waals surface area contributed by atoms with Crippen molar-refractivity contribution in [2.24, 2.45) is 0 Å². The molecule has 2 heteroatoms. The molecule has 1 heterocycles. The van der Waals surface area contributed by atoms with Gasteiger partial charge in [-0.05, 0) is 28.3 Å². The zero-order valence-corrected chi connectivity index (χ0v) is 14.0. The van der Waals surface area contributed by atoms with Gasteiger partial charge in [0.15, 0.2) is 0 Å². The van der Waals surface area contributed by atoms with Crippen LogP contribution in [0.5, 0.6) is 0 Å². The molecule has 0 N–H and O–H groups in total. The summed E-state index contributed by atoms with van der Waals surface area (Å²) in [5, 5.41) is 5.20. The summed E-state index contributed by atoms with van der Waals surface area (Å²) in [4.78, 5) is 18.0. The molecule has 0 aliphatic heterocycles. The number of hydrogen-bond acceptors (Lipinski definition) is 2. The number of ketones is 1. The number of rotatable bonds is 2. The van der Waals surface area contributed by atoms with E-state index in [2.05, 4.69) is 12.1 Å². The van der Waals surface area contributed by atoms with E-state index < -0.39 is 0 Å². The van der Waals surface area contributed by atoms with Gasteiger partial charge in [0.25, 0.3) is 0 Å². The van der Waals surface area contributed by atoms with Crippen LogP contribution in [0.2, 0.25) is 0 Å². The van der Waals surface area contributed by atoms with Crippen LogP contribution < -0.4 is 0 Å². The molecule has 4 aromatic carbocycles. The number of hydrogen-bond donors (Lipinski definition) is 0.